The number of aromatic nitrogens is 3. The fraction of sp³-hybridized carbons (Fsp3) is 0.526. The molecule has 1 aliphatic heterocycles. The molecule has 1 aromatic carbocycles. The lowest BCUT2D eigenvalue weighted by Gasteiger charge is -2.28. The Morgan fingerprint density at radius 2 is 2.11 bits per heavy atom. The average Bonchev–Trinajstić information content (AvgIpc) is 2.98. The zero-order valence-electron chi connectivity index (χ0n) is 15.8. The Balaban J connectivity index is 1.80. The van der Waals surface area contributed by atoms with Crippen molar-refractivity contribution in [3.8, 4) is 11.4 Å². The molecule has 1 saturated heterocycles. The molecule has 146 valence electrons. The maximum atomic E-state index is 12.1. The van der Waals surface area contributed by atoms with Gasteiger partial charge in [-0.15, -0.1) is 5.10 Å². The van der Waals surface area contributed by atoms with Gasteiger partial charge in [0, 0.05) is 17.1 Å². The summed E-state index contributed by atoms with van der Waals surface area (Å²) in [5.41, 5.74) is 0.990. The number of quaternary nitrogens is 1. The molecule has 27 heavy (non-hydrogen) atoms. The minimum absolute atomic E-state index is 0.0353. The van der Waals surface area contributed by atoms with Crippen LogP contribution in [0.15, 0.2) is 24.3 Å². The number of piperidine rings is 1. The summed E-state index contributed by atoms with van der Waals surface area (Å²) in [7, 11) is 0. The van der Waals surface area contributed by atoms with E-state index in [0.717, 1.165) is 43.9 Å². The molecule has 0 aliphatic carbocycles. The highest BCUT2D eigenvalue weighted by Gasteiger charge is 2.30. The molecule has 2 atom stereocenters. The minimum atomic E-state index is -0.0840. The third-order valence-electron chi connectivity index (χ3n) is 4.95. The number of hydrogen-bond donors (Lipinski definition) is 1. The summed E-state index contributed by atoms with van der Waals surface area (Å²) < 4.78 is 9.82. The third kappa shape index (κ3) is 4.59. The lowest BCUT2D eigenvalue weighted by molar-refractivity contribution is -0.930. The van der Waals surface area contributed by atoms with Crippen LogP contribution in [0.4, 0.5) is 0 Å². The summed E-state index contributed by atoms with van der Waals surface area (Å²) >= 11 is 11.7. The van der Waals surface area contributed by atoms with Crippen LogP contribution >= 0.6 is 23.8 Å². The molecule has 2 heterocycles. The number of nitrogens with one attached hydrogen (secondary N) is 1. The van der Waals surface area contributed by atoms with Gasteiger partial charge in [-0.25, -0.2) is 0 Å². The van der Waals surface area contributed by atoms with Crippen LogP contribution in [0.25, 0.3) is 11.4 Å². The van der Waals surface area contributed by atoms with Gasteiger partial charge in [0.05, 0.1) is 19.7 Å². The number of ether oxygens (including phenoxy) is 1. The lowest BCUT2D eigenvalue weighted by atomic mass is 9.99. The summed E-state index contributed by atoms with van der Waals surface area (Å²) in [5, 5.41) is 5.47. The molecular weight excluding hydrogens is 384 g/mol. The second-order valence-corrected chi connectivity index (χ2v) is 7.61. The molecule has 6 nitrogen and oxygen atoms in total. The first-order valence-corrected chi connectivity index (χ1v) is 10.3. The molecule has 0 amide bonds. The van der Waals surface area contributed by atoms with Crippen LogP contribution in [-0.2, 0) is 22.7 Å². The molecule has 0 spiro atoms. The van der Waals surface area contributed by atoms with E-state index in [1.54, 1.807) is 0 Å². The van der Waals surface area contributed by atoms with E-state index in [9.17, 15) is 4.79 Å². The highest BCUT2D eigenvalue weighted by molar-refractivity contribution is 7.71. The van der Waals surface area contributed by atoms with Crippen LogP contribution in [0.3, 0.4) is 0 Å². The fourth-order valence-electron chi connectivity index (χ4n) is 3.61. The number of halogens is 1. The van der Waals surface area contributed by atoms with Crippen molar-refractivity contribution < 1.29 is 14.4 Å². The fourth-order valence-corrected chi connectivity index (χ4v) is 4.06. The van der Waals surface area contributed by atoms with Gasteiger partial charge in [0.1, 0.15) is 5.92 Å². The van der Waals surface area contributed by atoms with Crippen LogP contribution in [0.1, 0.15) is 26.7 Å². The van der Waals surface area contributed by atoms with Gasteiger partial charge in [-0.3, -0.25) is 4.79 Å². The zero-order chi connectivity index (χ0) is 19.4. The lowest BCUT2D eigenvalue weighted by Crippen LogP contribution is -3.13. The highest BCUT2D eigenvalue weighted by Crippen LogP contribution is 2.20. The summed E-state index contributed by atoms with van der Waals surface area (Å²) in [5.74, 6) is 0.726. The molecule has 0 bridgehead atoms. The quantitative estimate of drug-likeness (QED) is 0.588. The maximum absolute atomic E-state index is 12.1. The molecule has 2 aromatic rings. The van der Waals surface area contributed by atoms with Crippen molar-refractivity contribution in [3.05, 3.63) is 34.1 Å². The minimum Gasteiger partial charge on any atom is -0.466 e. The number of likely N-dealkylation sites (tertiary alicyclic amines) is 1. The van der Waals surface area contributed by atoms with Gasteiger partial charge in [-0.2, -0.15) is 4.68 Å². The van der Waals surface area contributed by atoms with E-state index in [0.29, 0.717) is 23.1 Å². The number of carbonyl (C=O) groups excluding carboxylic acids is 1. The van der Waals surface area contributed by atoms with Crippen molar-refractivity contribution in [2.24, 2.45) is 5.92 Å². The molecule has 0 radical (unpaired) electrons. The van der Waals surface area contributed by atoms with E-state index in [2.05, 4.69) is 6.92 Å². The summed E-state index contributed by atoms with van der Waals surface area (Å²) in [6.07, 6.45) is 1.90. The first-order valence-electron chi connectivity index (χ1n) is 9.47. The molecule has 8 heteroatoms. The third-order valence-corrected chi connectivity index (χ3v) is 5.64. The first kappa shape index (κ1) is 20.0. The summed E-state index contributed by atoms with van der Waals surface area (Å²) in [4.78, 5) is 13.4. The van der Waals surface area contributed by atoms with Crippen molar-refractivity contribution in [1.82, 2.24) is 14.3 Å². The SMILES string of the molecule is CCOC(=O)[C@@H]1CCC[NH+](Cn2nc(-c3ccc(Cl)cc3)n(CC)c2=S)C1. The maximum Gasteiger partial charge on any atom is 0.314 e. The Morgan fingerprint density at radius 1 is 1.37 bits per heavy atom. The van der Waals surface area contributed by atoms with Crippen molar-refractivity contribution in [2.75, 3.05) is 19.7 Å². The van der Waals surface area contributed by atoms with E-state index in [1.807, 2.05) is 40.4 Å². The topological polar surface area (TPSA) is 53.5 Å². The molecule has 0 saturated carbocycles. The van der Waals surface area contributed by atoms with E-state index < -0.39 is 0 Å². The van der Waals surface area contributed by atoms with Crippen molar-refractivity contribution in [1.29, 1.82) is 0 Å². The van der Waals surface area contributed by atoms with Gasteiger partial charge in [-0.1, -0.05) is 11.6 Å². The van der Waals surface area contributed by atoms with E-state index in [1.165, 1.54) is 4.90 Å². The Hall–Kier alpha value is -1.70. The Kier molecular flexibility index (Phi) is 6.68. The number of nitrogens with zero attached hydrogens (tertiary/aromatic N) is 3. The molecule has 1 unspecified atom stereocenters. The second-order valence-electron chi connectivity index (χ2n) is 6.81. The van der Waals surface area contributed by atoms with Gasteiger partial charge >= 0.3 is 5.97 Å². The smallest absolute Gasteiger partial charge is 0.314 e. The van der Waals surface area contributed by atoms with E-state index in [-0.39, 0.29) is 11.9 Å². The number of rotatable bonds is 6. The van der Waals surface area contributed by atoms with Crippen molar-refractivity contribution in [2.45, 2.75) is 39.9 Å². The van der Waals surface area contributed by atoms with Crippen LogP contribution < -0.4 is 4.90 Å². The van der Waals surface area contributed by atoms with Gasteiger partial charge < -0.3 is 14.2 Å². The normalized spacial score (nSPS) is 19.8. The van der Waals surface area contributed by atoms with Crippen LogP contribution in [0.5, 0.6) is 0 Å². The number of carbonyl (C=O) groups is 1. The molecule has 1 aromatic heterocycles. The molecule has 1 N–H and O–H groups in total. The first-order chi connectivity index (χ1) is 13.0. The van der Waals surface area contributed by atoms with Gasteiger partial charge in [0.15, 0.2) is 12.5 Å². The summed E-state index contributed by atoms with van der Waals surface area (Å²) in [6, 6.07) is 7.64. The van der Waals surface area contributed by atoms with E-state index >= 15 is 0 Å². The highest BCUT2D eigenvalue weighted by atomic mass is 35.5. The standard InChI is InChI=1S/C19H25ClN4O2S/c1-3-23-17(14-7-9-16(20)10-8-14)21-24(19(23)27)13-22-11-5-6-15(12-22)18(25)26-4-2/h7-10,15H,3-6,11-13H2,1-2H3/p+1/t15-/m1/s1. The molecule has 3 rings (SSSR count). The van der Waals surface area contributed by atoms with Crippen molar-refractivity contribution in [3.63, 3.8) is 0 Å². The Labute approximate surface area is 169 Å². The molecule has 1 fully saturated rings. The summed E-state index contributed by atoms with van der Waals surface area (Å²) in [6.45, 7) is 7.51. The van der Waals surface area contributed by atoms with Crippen molar-refractivity contribution >= 4 is 29.8 Å². The number of esters is 1. The van der Waals surface area contributed by atoms with Gasteiger partial charge in [0.25, 0.3) is 0 Å². The number of benzene rings is 1. The number of hydrogen-bond acceptors (Lipinski definition) is 4. The Morgan fingerprint density at radius 3 is 2.78 bits per heavy atom. The van der Waals surface area contributed by atoms with Gasteiger partial charge in [0.2, 0.25) is 4.77 Å². The monoisotopic (exact) mass is 409 g/mol. The van der Waals surface area contributed by atoms with E-state index in [4.69, 9.17) is 33.7 Å². The van der Waals surface area contributed by atoms with Crippen LogP contribution in [0, 0.1) is 10.7 Å². The van der Waals surface area contributed by atoms with Gasteiger partial charge in [-0.05, 0) is 63.2 Å². The zero-order valence-corrected chi connectivity index (χ0v) is 17.4. The Bertz CT molecular complexity index is 846. The van der Waals surface area contributed by atoms with Crippen LogP contribution in [0.2, 0.25) is 5.02 Å². The predicted molar refractivity (Wildman–Crippen MR) is 107 cm³/mol. The molecular formula is C19H26ClN4O2S+. The average molecular weight is 410 g/mol. The van der Waals surface area contributed by atoms with Crippen LogP contribution in [-0.4, -0.2) is 40.0 Å². The molecule has 1 aliphatic rings. The second kappa shape index (κ2) is 8.99. The predicted octanol–water partition coefficient (Wildman–Crippen LogP) is 2.57. The largest absolute Gasteiger partial charge is 0.466 e.